The van der Waals surface area contributed by atoms with Gasteiger partial charge in [-0.05, 0) is 43.9 Å². The number of ether oxygens (including phenoxy) is 4. The van der Waals surface area contributed by atoms with Gasteiger partial charge in [0, 0.05) is 6.42 Å². The molecule has 0 heterocycles. The fourth-order valence-electron chi connectivity index (χ4n) is 3.59. The lowest BCUT2D eigenvalue weighted by Gasteiger charge is -2.32. The molecule has 0 unspecified atom stereocenters. The van der Waals surface area contributed by atoms with E-state index in [0.29, 0.717) is 36.5 Å². The van der Waals surface area contributed by atoms with Crippen LogP contribution in [0.25, 0.3) is 0 Å². The van der Waals surface area contributed by atoms with E-state index >= 15 is 0 Å². The highest BCUT2D eigenvalue weighted by molar-refractivity contribution is 5.84. The number of carbonyl (C=O) groups is 2. The first-order valence-electron chi connectivity index (χ1n) is 10.1. The van der Waals surface area contributed by atoms with Crippen LogP contribution in [-0.4, -0.2) is 44.8 Å². The van der Waals surface area contributed by atoms with Gasteiger partial charge in [0.15, 0.2) is 17.6 Å². The Morgan fingerprint density at radius 3 is 2.20 bits per heavy atom. The van der Waals surface area contributed by atoms with E-state index in [9.17, 15) is 14.9 Å². The summed E-state index contributed by atoms with van der Waals surface area (Å²) in [4.78, 5) is 24.7. The topological polar surface area (TPSA) is 107 Å². The molecule has 1 aliphatic carbocycles. The molecule has 164 valence electrons. The minimum absolute atomic E-state index is 0.0830. The zero-order chi connectivity index (χ0) is 22.1. The second kappa shape index (κ2) is 10.7. The second-order valence-electron chi connectivity index (χ2n) is 7.41. The molecule has 1 aromatic carbocycles. The predicted octanol–water partition coefficient (Wildman–Crippen LogP) is 2.92. The van der Waals surface area contributed by atoms with Crippen LogP contribution >= 0.6 is 0 Å². The maximum atomic E-state index is 12.4. The first-order chi connectivity index (χ1) is 14.4. The van der Waals surface area contributed by atoms with Crippen molar-refractivity contribution in [3.8, 4) is 23.3 Å². The van der Waals surface area contributed by atoms with E-state index in [4.69, 9.17) is 18.9 Å². The van der Waals surface area contributed by atoms with Gasteiger partial charge >= 0.3 is 5.97 Å². The van der Waals surface area contributed by atoms with Gasteiger partial charge in [-0.25, -0.2) is 0 Å². The number of methoxy groups -OCH3 is 3. The number of carbonyl (C=O) groups excluding carboxylic acids is 2. The van der Waals surface area contributed by atoms with Crippen molar-refractivity contribution in [1.29, 1.82) is 5.26 Å². The maximum Gasteiger partial charge on any atom is 0.306 e. The molecule has 1 saturated carbocycles. The van der Waals surface area contributed by atoms with Crippen molar-refractivity contribution in [3.05, 3.63) is 17.7 Å². The lowest BCUT2D eigenvalue weighted by atomic mass is 9.83. The fraction of sp³-hybridized carbons (Fsp3) is 0.591. The van der Waals surface area contributed by atoms with E-state index in [1.165, 1.54) is 28.3 Å². The van der Waals surface area contributed by atoms with Crippen LogP contribution in [0.4, 0.5) is 0 Å². The number of benzene rings is 1. The lowest BCUT2D eigenvalue weighted by molar-refractivity contribution is -0.155. The monoisotopic (exact) mass is 418 g/mol. The quantitative estimate of drug-likeness (QED) is 0.615. The summed E-state index contributed by atoms with van der Waals surface area (Å²) in [7, 11) is 4.57. The van der Waals surface area contributed by atoms with Crippen molar-refractivity contribution in [2.75, 3.05) is 21.3 Å². The number of amides is 1. The average Bonchev–Trinajstić information content (AvgIpc) is 2.77. The Labute approximate surface area is 177 Å². The number of aryl methyl sites for hydroxylation is 1. The molecule has 30 heavy (non-hydrogen) atoms. The Hall–Kier alpha value is -2.95. The van der Waals surface area contributed by atoms with Crippen LogP contribution in [0.1, 0.15) is 51.0 Å². The molecule has 1 aromatic rings. The van der Waals surface area contributed by atoms with Crippen molar-refractivity contribution in [3.63, 3.8) is 0 Å². The molecule has 0 aromatic heterocycles. The highest BCUT2D eigenvalue weighted by Gasteiger charge is 2.35. The van der Waals surface area contributed by atoms with Crippen molar-refractivity contribution < 1.29 is 28.5 Å². The van der Waals surface area contributed by atoms with E-state index in [0.717, 1.165) is 24.8 Å². The minimum Gasteiger partial charge on any atom is -0.493 e. The van der Waals surface area contributed by atoms with Gasteiger partial charge in [0.25, 0.3) is 5.91 Å². The smallest absolute Gasteiger partial charge is 0.306 e. The molecule has 0 aliphatic heterocycles. The van der Waals surface area contributed by atoms with Crippen LogP contribution < -0.4 is 19.5 Å². The molecular formula is C22H30N2O6. The van der Waals surface area contributed by atoms with Crippen molar-refractivity contribution in [2.45, 2.75) is 63.5 Å². The molecule has 0 saturated heterocycles. The summed E-state index contributed by atoms with van der Waals surface area (Å²) in [5.41, 5.74) is -0.0455. The van der Waals surface area contributed by atoms with Crippen molar-refractivity contribution >= 4 is 11.9 Å². The van der Waals surface area contributed by atoms with E-state index < -0.39 is 23.5 Å². The van der Waals surface area contributed by atoms with Gasteiger partial charge in [-0.3, -0.25) is 9.59 Å². The zero-order valence-electron chi connectivity index (χ0n) is 18.1. The first-order valence-corrected chi connectivity index (χ1v) is 10.1. The van der Waals surface area contributed by atoms with Crippen LogP contribution in [0.15, 0.2) is 12.1 Å². The molecule has 1 fully saturated rings. The van der Waals surface area contributed by atoms with E-state index in [-0.39, 0.29) is 6.42 Å². The fourth-order valence-corrected chi connectivity index (χ4v) is 3.59. The summed E-state index contributed by atoms with van der Waals surface area (Å²) in [5, 5.41) is 12.3. The number of nitrogens with zero attached hydrogens (tertiary/aromatic N) is 1. The summed E-state index contributed by atoms with van der Waals surface area (Å²) >= 11 is 0. The Kier molecular flexibility index (Phi) is 8.34. The third-order valence-corrected chi connectivity index (χ3v) is 5.30. The Bertz CT molecular complexity index is 770. The molecule has 1 aliphatic rings. The van der Waals surface area contributed by atoms with Crippen molar-refractivity contribution in [1.82, 2.24) is 5.32 Å². The van der Waals surface area contributed by atoms with Crippen LogP contribution in [0.2, 0.25) is 0 Å². The molecule has 0 bridgehead atoms. The van der Waals surface area contributed by atoms with Crippen LogP contribution in [0, 0.1) is 11.3 Å². The van der Waals surface area contributed by atoms with Crippen LogP contribution in [-0.2, 0) is 20.7 Å². The number of hydrogen-bond donors (Lipinski definition) is 1. The molecule has 0 radical (unpaired) electrons. The molecule has 2 rings (SSSR count). The Morgan fingerprint density at radius 1 is 1.10 bits per heavy atom. The zero-order valence-corrected chi connectivity index (χ0v) is 18.1. The summed E-state index contributed by atoms with van der Waals surface area (Å²) in [5.74, 6) is 0.538. The SMILES string of the molecule is COc1cc(CCC(=O)O[C@@H](C)C(=O)NC2(C#N)CCCCC2)cc(OC)c1OC. The third-order valence-electron chi connectivity index (χ3n) is 5.30. The molecule has 1 amide bonds. The maximum absolute atomic E-state index is 12.4. The minimum atomic E-state index is -0.968. The summed E-state index contributed by atoms with van der Waals surface area (Å²) in [6.07, 6.45) is 3.60. The second-order valence-corrected chi connectivity index (χ2v) is 7.41. The van der Waals surface area contributed by atoms with Crippen LogP contribution in [0.3, 0.4) is 0 Å². The van der Waals surface area contributed by atoms with Gasteiger partial charge in [0.05, 0.1) is 27.4 Å². The summed E-state index contributed by atoms with van der Waals surface area (Å²) in [6.45, 7) is 1.51. The Balaban J connectivity index is 1.92. The number of esters is 1. The molecule has 8 heteroatoms. The molecule has 1 atom stereocenters. The highest BCUT2D eigenvalue weighted by atomic mass is 16.5. The number of hydrogen-bond acceptors (Lipinski definition) is 7. The van der Waals surface area contributed by atoms with Gasteiger partial charge in [0.2, 0.25) is 5.75 Å². The number of nitriles is 1. The molecular weight excluding hydrogens is 388 g/mol. The molecule has 0 spiro atoms. The van der Waals surface area contributed by atoms with E-state index in [2.05, 4.69) is 11.4 Å². The average molecular weight is 418 g/mol. The molecule has 8 nitrogen and oxygen atoms in total. The van der Waals surface area contributed by atoms with Gasteiger partial charge in [0.1, 0.15) is 5.54 Å². The normalized spacial score (nSPS) is 16.0. The van der Waals surface area contributed by atoms with E-state index in [1.807, 2.05) is 0 Å². The largest absolute Gasteiger partial charge is 0.493 e. The number of nitrogens with one attached hydrogen (secondary N) is 1. The predicted molar refractivity (Wildman–Crippen MR) is 110 cm³/mol. The van der Waals surface area contributed by atoms with Gasteiger partial charge < -0.3 is 24.3 Å². The number of rotatable bonds is 9. The van der Waals surface area contributed by atoms with Gasteiger partial charge in [-0.1, -0.05) is 19.3 Å². The Morgan fingerprint density at radius 2 is 1.70 bits per heavy atom. The summed E-state index contributed by atoms with van der Waals surface area (Å²) < 4.78 is 21.2. The first kappa shape index (κ1) is 23.3. The van der Waals surface area contributed by atoms with Gasteiger partial charge in [-0.2, -0.15) is 5.26 Å². The standard InChI is InChI=1S/C22H30N2O6/c1-15(21(26)24-22(14-23)10-6-5-7-11-22)30-19(25)9-8-16-12-17(27-2)20(29-4)18(13-16)28-3/h12-13,15H,5-11H2,1-4H3,(H,24,26)/t15-/m0/s1. The van der Waals surface area contributed by atoms with Crippen molar-refractivity contribution in [2.24, 2.45) is 0 Å². The summed E-state index contributed by atoms with van der Waals surface area (Å²) in [6, 6.07) is 5.76. The van der Waals surface area contributed by atoms with E-state index in [1.54, 1.807) is 12.1 Å². The lowest BCUT2D eigenvalue weighted by Crippen LogP contribution is -2.52. The third kappa shape index (κ3) is 5.78. The molecule has 1 N–H and O–H groups in total. The highest BCUT2D eigenvalue weighted by Crippen LogP contribution is 2.38. The van der Waals surface area contributed by atoms with Gasteiger partial charge in [-0.15, -0.1) is 0 Å². The van der Waals surface area contributed by atoms with Crippen LogP contribution in [0.5, 0.6) is 17.2 Å².